The quantitative estimate of drug-likeness (QED) is 0.626. The van der Waals surface area contributed by atoms with Crippen LogP contribution in [0.25, 0.3) is 0 Å². The van der Waals surface area contributed by atoms with Crippen LogP contribution in [0, 0.1) is 0 Å². The molecule has 21 heavy (non-hydrogen) atoms. The Hall–Kier alpha value is -0.440. The molecule has 2 nitrogen and oxygen atoms in total. The first-order chi connectivity index (χ1) is 9.86. The van der Waals surface area contributed by atoms with Gasteiger partial charge in [0.1, 0.15) is 0 Å². The van der Waals surface area contributed by atoms with Gasteiger partial charge in [-0.1, -0.05) is 63.2 Å². The first kappa shape index (κ1) is 18.6. The lowest BCUT2D eigenvalue weighted by atomic mass is 9.87. The van der Waals surface area contributed by atoms with Crippen molar-refractivity contribution < 1.29 is 9.84 Å². The van der Waals surface area contributed by atoms with Crippen LogP contribution in [0.4, 0.5) is 0 Å². The molecule has 0 atom stereocenters. The van der Waals surface area contributed by atoms with Crippen molar-refractivity contribution in [1.29, 1.82) is 0 Å². The lowest BCUT2D eigenvalue weighted by molar-refractivity contribution is 0.278. The van der Waals surface area contributed by atoms with Crippen LogP contribution in [-0.4, -0.2) is 18.3 Å². The third-order valence-electron chi connectivity index (χ3n) is 3.41. The summed E-state index contributed by atoms with van der Waals surface area (Å²) in [5.41, 5.74) is 1.12. The van der Waals surface area contributed by atoms with Crippen molar-refractivity contribution in [3.05, 3.63) is 27.7 Å². The van der Waals surface area contributed by atoms with Crippen molar-refractivity contribution in [1.82, 2.24) is 0 Å². The molecule has 0 saturated heterocycles. The molecule has 0 aliphatic rings. The SMILES string of the molecule is CC(C)(C)c1cc(Cl)c(OCCCCCCCO)c(Cl)c1. The maximum atomic E-state index is 8.70. The van der Waals surface area contributed by atoms with E-state index in [1.165, 1.54) is 0 Å². The molecule has 1 aromatic carbocycles. The second-order valence-electron chi connectivity index (χ2n) is 6.36. The van der Waals surface area contributed by atoms with Gasteiger partial charge in [-0.25, -0.2) is 0 Å². The zero-order chi connectivity index (χ0) is 15.9. The number of hydrogen-bond acceptors (Lipinski definition) is 2. The van der Waals surface area contributed by atoms with Gasteiger partial charge in [0.05, 0.1) is 16.7 Å². The average Bonchev–Trinajstić information content (AvgIpc) is 2.39. The number of aliphatic hydroxyl groups is 1. The number of benzene rings is 1. The van der Waals surface area contributed by atoms with Crippen molar-refractivity contribution >= 4 is 23.2 Å². The molecule has 0 amide bonds. The van der Waals surface area contributed by atoms with Crippen LogP contribution in [0.5, 0.6) is 5.75 Å². The molecule has 0 saturated carbocycles. The van der Waals surface area contributed by atoms with Gasteiger partial charge in [0.2, 0.25) is 0 Å². The molecular formula is C17H26Cl2O2. The zero-order valence-electron chi connectivity index (χ0n) is 13.2. The summed E-state index contributed by atoms with van der Waals surface area (Å²) in [4.78, 5) is 0. The third-order valence-corrected chi connectivity index (χ3v) is 3.97. The minimum atomic E-state index is 0.0124. The number of hydrogen-bond donors (Lipinski definition) is 1. The molecule has 1 N–H and O–H groups in total. The van der Waals surface area contributed by atoms with Crippen LogP contribution in [0.3, 0.4) is 0 Å². The molecule has 0 aliphatic heterocycles. The Balaban J connectivity index is 2.49. The summed E-state index contributed by atoms with van der Waals surface area (Å²) in [5, 5.41) is 9.86. The summed E-state index contributed by atoms with van der Waals surface area (Å²) in [6.45, 7) is 7.28. The average molecular weight is 333 g/mol. The van der Waals surface area contributed by atoms with Crippen molar-refractivity contribution in [2.45, 2.75) is 58.3 Å². The standard InChI is InChI=1S/C17H26Cl2O2/c1-17(2,3)13-11-14(18)16(15(19)12-13)21-10-8-6-4-5-7-9-20/h11-12,20H,4-10H2,1-3H3. The van der Waals surface area contributed by atoms with Crippen LogP contribution in [0.15, 0.2) is 12.1 Å². The summed E-state index contributed by atoms with van der Waals surface area (Å²) in [7, 11) is 0. The molecule has 0 heterocycles. The minimum absolute atomic E-state index is 0.0124. The molecule has 0 unspecified atom stereocenters. The number of aliphatic hydroxyl groups excluding tert-OH is 1. The molecule has 0 aliphatic carbocycles. The fourth-order valence-corrected chi connectivity index (χ4v) is 2.65. The van der Waals surface area contributed by atoms with Crippen molar-refractivity contribution in [2.24, 2.45) is 0 Å². The highest BCUT2D eigenvalue weighted by molar-refractivity contribution is 6.37. The van der Waals surface area contributed by atoms with Gasteiger partial charge in [-0.3, -0.25) is 0 Å². The highest BCUT2D eigenvalue weighted by atomic mass is 35.5. The number of halogens is 2. The normalized spacial score (nSPS) is 11.7. The Morgan fingerprint density at radius 2 is 1.48 bits per heavy atom. The third kappa shape index (κ3) is 6.46. The smallest absolute Gasteiger partial charge is 0.156 e. The van der Waals surface area contributed by atoms with E-state index in [9.17, 15) is 0 Å². The summed E-state index contributed by atoms with van der Waals surface area (Å²) in [6, 6.07) is 3.87. The summed E-state index contributed by atoms with van der Waals surface area (Å²) in [6.07, 6.45) is 5.13. The second-order valence-corrected chi connectivity index (χ2v) is 7.17. The summed E-state index contributed by atoms with van der Waals surface area (Å²) < 4.78 is 5.73. The zero-order valence-corrected chi connectivity index (χ0v) is 14.7. The number of rotatable bonds is 8. The first-order valence-electron chi connectivity index (χ1n) is 7.59. The van der Waals surface area contributed by atoms with E-state index in [4.69, 9.17) is 33.0 Å². The predicted octanol–water partition coefficient (Wildman–Crippen LogP) is 5.61. The first-order valence-corrected chi connectivity index (χ1v) is 8.35. The lowest BCUT2D eigenvalue weighted by Crippen LogP contribution is -2.11. The lowest BCUT2D eigenvalue weighted by Gasteiger charge is -2.21. The maximum absolute atomic E-state index is 8.70. The van der Waals surface area contributed by atoms with Crippen molar-refractivity contribution in [3.63, 3.8) is 0 Å². The van der Waals surface area contributed by atoms with E-state index < -0.39 is 0 Å². The van der Waals surface area contributed by atoms with Crippen LogP contribution >= 0.6 is 23.2 Å². The van der Waals surface area contributed by atoms with Crippen molar-refractivity contribution in [3.8, 4) is 5.75 Å². The molecule has 0 bridgehead atoms. The van der Waals surface area contributed by atoms with E-state index in [0.29, 0.717) is 22.4 Å². The molecule has 1 aromatic rings. The van der Waals surface area contributed by atoms with Crippen LogP contribution < -0.4 is 4.74 Å². The molecule has 0 aromatic heterocycles. The van der Waals surface area contributed by atoms with E-state index >= 15 is 0 Å². The van der Waals surface area contributed by atoms with Gasteiger partial charge in [-0.2, -0.15) is 0 Å². The van der Waals surface area contributed by atoms with Crippen LogP contribution in [0.1, 0.15) is 58.4 Å². The molecule has 4 heteroatoms. The van der Waals surface area contributed by atoms with E-state index in [1.807, 2.05) is 12.1 Å². The van der Waals surface area contributed by atoms with Crippen LogP contribution in [-0.2, 0) is 5.41 Å². The predicted molar refractivity (Wildman–Crippen MR) is 90.8 cm³/mol. The van der Waals surface area contributed by atoms with Gasteiger partial charge < -0.3 is 9.84 Å². The number of ether oxygens (including phenoxy) is 1. The van der Waals surface area contributed by atoms with E-state index in [1.54, 1.807) is 0 Å². The Labute approximate surface area is 138 Å². The fraction of sp³-hybridized carbons (Fsp3) is 0.647. The molecule has 0 fully saturated rings. The van der Waals surface area contributed by atoms with E-state index in [-0.39, 0.29) is 12.0 Å². The van der Waals surface area contributed by atoms with Gasteiger partial charge in [0.15, 0.2) is 5.75 Å². The van der Waals surface area contributed by atoms with Crippen LogP contribution in [0.2, 0.25) is 10.0 Å². The maximum Gasteiger partial charge on any atom is 0.156 e. The molecule has 0 spiro atoms. The fourth-order valence-electron chi connectivity index (χ4n) is 2.05. The Morgan fingerprint density at radius 1 is 0.952 bits per heavy atom. The highest BCUT2D eigenvalue weighted by Crippen LogP contribution is 2.37. The van der Waals surface area contributed by atoms with Gasteiger partial charge in [-0.15, -0.1) is 0 Å². The molecule has 0 radical (unpaired) electrons. The topological polar surface area (TPSA) is 29.5 Å². The van der Waals surface area contributed by atoms with E-state index in [2.05, 4.69) is 20.8 Å². The molecular weight excluding hydrogens is 307 g/mol. The van der Waals surface area contributed by atoms with Crippen molar-refractivity contribution in [2.75, 3.05) is 13.2 Å². The monoisotopic (exact) mass is 332 g/mol. The number of unbranched alkanes of at least 4 members (excludes halogenated alkanes) is 4. The molecule has 120 valence electrons. The van der Waals surface area contributed by atoms with Gasteiger partial charge >= 0.3 is 0 Å². The highest BCUT2D eigenvalue weighted by Gasteiger charge is 2.18. The second kappa shape index (κ2) is 8.87. The van der Waals surface area contributed by atoms with Gasteiger partial charge in [0.25, 0.3) is 0 Å². The largest absolute Gasteiger partial charge is 0.490 e. The van der Waals surface area contributed by atoms with Gasteiger partial charge in [0, 0.05) is 6.61 Å². The summed E-state index contributed by atoms with van der Waals surface area (Å²) in [5.74, 6) is 0.585. The summed E-state index contributed by atoms with van der Waals surface area (Å²) >= 11 is 12.6. The minimum Gasteiger partial charge on any atom is -0.490 e. The Kier molecular flexibility index (Phi) is 7.86. The molecule has 1 rings (SSSR count). The Bertz CT molecular complexity index is 416. The van der Waals surface area contributed by atoms with Gasteiger partial charge in [-0.05, 0) is 36.0 Å². The Morgan fingerprint density at radius 3 is 2.00 bits per heavy atom. The van der Waals surface area contributed by atoms with E-state index in [0.717, 1.165) is 37.7 Å².